The molecule has 0 atom stereocenters. The number of nitrogens with zero attached hydrogens (tertiary/aromatic N) is 1. The first kappa shape index (κ1) is 17.7. The molecule has 70 heavy (non-hydrogen) atoms. The van der Waals surface area contributed by atoms with Crippen molar-refractivity contribution in [3.05, 3.63) is 281 Å². The van der Waals surface area contributed by atoms with Gasteiger partial charge in [-0.05, 0) is 120 Å². The lowest BCUT2D eigenvalue weighted by Crippen LogP contribution is -2.28. The molecule has 14 rings (SSSR count). The second kappa shape index (κ2) is 15.4. The maximum Gasteiger partial charge on any atom is 0.143 e. The Labute approximate surface area is 461 Å². The smallest absolute Gasteiger partial charge is 0.143 e. The molecule has 0 aliphatic heterocycles. The quantitative estimate of drug-likeness (QED) is 0.158. The van der Waals surface area contributed by atoms with Crippen molar-refractivity contribution in [1.29, 1.82) is 0 Å². The molecule has 0 N–H and O–H groups in total. The third-order valence-electron chi connectivity index (χ3n) is 12.5. The molecule has 2 heteroatoms. The van der Waals surface area contributed by atoms with Crippen LogP contribution in [-0.2, 0) is 10.8 Å². The van der Waals surface area contributed by atoms with Gasteiger partial charge in [0.15, 0.2) is 0 Å². The zero-order chi connectivity index (χ0) is 79.4. The van der Waals surface area contributed by atoms with Crippen LogP contribution in [0.25, 0.3) is 77.2 Å². The highest BCUT2D eigenvalue weighted by Gasteiger charge is 2.46. The Balaban J connectivity index is 1.21. The largest absolute Gasteiger partial charge is 0.455 e. The van der Waals surface area contributed by atoms with Crippen molar-refractivity contribution in [2.24, 2.45) is 0 Å². The van der Waals surface area contributed by atoms with E-state index in [9.17, 15) is 34.3 Å². The van der Waals surface area contributed by atoms with Gasteiger partial charge < -0.3 is 9.32 Å². The summed E-state index contributed by atoms with van der Waals surface area (Å²) in [5.74, 6) is 0. The molecule has 2 nitrogen and oxygen atoms in total. The Morgan fingerprint density at radius 1 is 0.414 bits per heavy atom. The van der Waals surface area contributed by atoms with Crippen LogP contribution in [0.5, 0.6) is 0 Å². The molecule has 0 saturated carbocycles. The Kier molecular flexibility index (Phi) is 3.89. The predicted octanol–water partition coefficient (Wildman–Crippen LogP) is 18.2. The molecule has 2 aliphatic carbocycles. The van der Waals surface area contributed by atoms with Crippen LogP contribution in [0.15, 0.2) is 252 Å². The average Bonchev–Trinajstić information content (AvgIpc) is 1.49. The highest BCUT2D eigenvalue weighted by atomic mass is 16.3. The molecule has 0 amide bonds. The van der Waals surface area contributed by atoms with Crippen LogP contribution in [0.3, 0.4) is 0 Å². The van der Waals surface area contributed by atoms with E-state index in [1.807, 2.05) is 0 Å². The van der Waals surface area contributed by atoms with E-state index in [-0.39, 0.29) is 16.2 Å². The van der Waals surface area contributed by atoms with Crippen molar-refractivity contribution in [3.8, 4) is 44.5 Å². The Morgan fingerprint density at radius 3 is 1.99 bits per heavy atom. The molecule has 1 heterocycles. The number of benzene rings is 11. The Hall–Kier alpha value is -8.72. The lowest BCUT2D eigenvalue weighted by atomic mass is 9.67. The minimum absolute atomic E-state index is 0.125. The molecule has 1 aromatic heterocycles. The van der Waals surface area contributed by atoms with Crippen LogP contribution < -0.4 is 4.90 Å². The van der Waals surface area contributed by atoms with Crippen molar-refractivity contribution in [2.45, 2.75) is 24.5 Å². The van der Waals surface area contributed by atoms with Gasteiger partial charge >= 0.3 is 0 Å². The normalized spacial score (nSPS) is 21.8. The summed E-state index contributed by atoms with van der Waals surface area (Å²) in [6, 6.07) is -23.2. The summed E-state index contributed by atoms with van der Waals surface area (Å²) in [5.41, 5.74) is -22.8. The van der Waals surface area contributed by atoms with Crippen molar-refractivity contribution >= 4 is 49.8 Å². The van der Waals surface area contributed by atoms with E-state index in [0.717, 1.165) is 36.4 Å². The number of rotatable bonds is 7. The first-order valence-corrected chi connectivity index (χ1v) is 21.3. The van der Waals surface area contributed by atoms with E-state index in [1.165, 1.54) is 0 Å². The highest BCUT2D eigenvalue weighted by molar-refractivity contribution is 6.14. The number of fused-ring (bicyclic) bond motifs is 10. The van der Waals surface area contributed by atoms with E-state index in [0.29, 0.717) is 23.1 Å². The average molecular weight is 932 g/mol. The fourth-order valence-corrected chi connectivity index (χ4v) is 9.57. The van der Waals surface area contributed by atoms with E-state index in [2.05, 4.69) is 0 Å². The van der Waals surface area contributed by atoms with Crippen LogP contribution >= 0.6 is 0 Å². The van der Waals surface area contributed by atoms with Crippen LogP contribution in [0.4, 0.5) is 17.1 Å². The summed E-state index contributed by atoms with van der Waals surface area (Å²) in [6.45, 7) is -8.10. The summed E-state index contributed by atoms with van der Waals surface area (Å²) in [4.78, 5) is 0.339. The minimum Gasteiger partial charge on any atom is -0.455 e. The Morgan fingerprint density at radius 2 is 1.10 bits per heavy atom. The van der Waals surface area contributed by atoms with E-state index in [1.54, 1.807) is 0 Å². The van der Waals surface area contributed by atoms with Gasteiger partial charge in [-0.3, -0.25) is 0 Å². The molecular formula is C68H47NO. The highest BCUT2D eigenvalue weighted by Crippen LogP contribution is 2.58. The standard InChI is InChI=1S/C68H47NO/c1-67(2)60-29-14-11-24-53(60)55-40-37-49(42-62(55)67)69(50-38-41-56-54-25-12-15-30-61(54)68(63(56)43-50,46-19-5-3-6-20-46)47-21-7-4-8-22-47)48-35-32-45(33-36-48)52-39-34-44-18-9-10-23-51(44)65(52)59-28-17-27-58-57-26-13-16-31-64(57)70-66(58)59/h3-43H,1-2H3/i1D3,2D3,3D,4D,5D,7D,9D,10D,11D,12D,14D,16D,17D,18D,19D,20D,21D,22D,23D,24D,25D,26D,28D,29D,30D,31D,32D,35D,36D,37D,38D,41D,42D,43D. The van der Waals surface area contributed by atoms with E-state index in [4.69, 9.17) is 22.2 Å². The van der Waals surface area contributed by atoms with Gasteiger partial charge in [0.05, 0.1) is 49.3 Å². The Bertz CT molecular complexity index is 6130. The van der Waals surface area contributed by atoms with Gasteiger partial charge in [-0.1, -0.05) is 219 Å². The number of anilines is 3. The second-order valence-corrected chi connectivity index (χ2v) is 16.1. The maximum absolute atomic E-state index is 11.0. The first-order valence-electron chi connectivity index (χ1n) is 40.3. The second-order valence-electron chi connectivity index (χ2n) is 16.1. The molecule has 11 aromatic carbocycles. The summed E-state index contributed by atoms with van der Waals surface area (Å²) >= 11 is 0. The van der Waals surface area contributed by atoms with Crippen molar-refractivity contribution < 1.29 is 56.5 Å². The van der Waals surface area contributed by atoms with Crippen LogP contribution in [0, 0.1) is 0 Å². The lowest BCUT2D eigenvalue weighted by Gasteiger charge is -2.35. The summed E-state index contributed by atoms with van der Waals surface area (Å²) < 4.78 is 365. The maximum atomic E-state index is 11.0. The SMILES string of the molecule is [2H]c1cc([2H])c(C2(c3c([2H])cc([2H])c([2H])c3[2H])c3c([2H])cc([2H])c([2H])c3-c3c([2H])c([2H])c(N(c4c([2H])cc(-c5ccc6c([2H])c([2H])c([2H])c([2H])c6c5-c5c([2H])c([2H])cc6c5oc5c([2H])c([2H])cc([2H])c56)c([2H])c4[2H])c4c([2H])cc5c(c4[2H])C(C([2H])([2H])[2H])(C([2H])([2H])[2H])c4c([2H])c([2H])c([2H])c([2H])c4-5)c([2H])c32)c([2H])c1[2H]. The van der Waals surface area contributed by atoms with Gasteiger partial charge in [-0.2, -0.15) is 0 Å². The van der Waals surface area contributed by atoms with Crippen molar-refractivity contribution in [3.63, 3.8) is 0 Å². The summed E-state index contributed by atoms with van der Waals surface area (Å²) in [7, 11) is 0. The molecule has 12 aromatic rings. The summed E-state index contributed by atoms with van der Waals surface area (Å²) in [5, 5.41) is -0.999. The van der Waals surface area contributed by atoms with Crippen molar-refractivity contribution in [1.82, 2.24) is 0 Å². The van der Waals surface area contributed by atoms with Crippen molar-refractivity contribution in [2.75, 3.05) is 4.90 Å². The van der Waals surface area contributed by atoms with Crippen LogP contribution in [0.1, 0.15) is 99.2 Å². The lowest BCUT2D eigenvalue weighted by molar-refractivity contribution is 0.660. The monoisotopic (exact) mass is 932 g/mol. The molecular weight excluding hydrogens is 847 g/mol. The number of furan rings is 1. The van der Waals surface area contributed by atoms with E-state index < -0.39 is 329 Å². The van der Waals surface area contributed by atoms with Gasteiger partial charge in [0, 0.05) is 52.6 Å². The molecule has 0 saturated heterocycles. The zero-order valence-corrected chi connectivity index (χ0v) is 35.6. The fourth-order valence-electron chi connectivity index (χ4n) is 9.57. The van der Waals surface area contributed by atoms with Crippen LogP contribution in [0.2, 0.25) is 0 Å². The summed E-state index contributed by atoms with van der Waals surface area (Å²) in [6.07, 6.45) is 0. The molecule has 330 valence electrons. The topological polar surface area (TPSA) is 16.4 Å². The predicted molar refractivity (Wildman–Crippen MR) is 292 cm³/mol. The molecule has 0 unspecified atom stereocenters. The molecule has 0 radical (unpaired) electrons. The zero-order valence-electron chi connectivity index (χ0n) is 73.6. The number of hydrogen-bond acceptors (Lipinski definition) is 2. The number of para-hydroxylation sites is 2. The molecule has 0 spiro atoms. The third kappa shape index (κ3) is 5.80. The number of hydrogen-bond donors (Lipinski definition) is 0. The fraction of sp³-hybridized carbons (Fsp3) is 0.0588. The minimum atomic E-state index is -4.05. The van der Waals surface area contributed by atoms with E-state index >= 15 is 0 Å². The molecule has 0 bridgehead atoms. The van der Waals surface area contributed by atoms with Gasteiger partial charge in [0.1, 0.15) is 11.2 Å². The molecule has 0 fully saturated rings. The molecule has 2 aliphatic rings. The van der Waals surface area contributed by atoms with Gasteiger partial charge in [0.25, 0.3) is 0 Å². The third-order valence-corrected chi connectivity index (χ3v) is 12.5. The van der Waals surface area contributed by atoms with Gasteiger partial charge in [-0.15, -0.1) is 0 Å². The van der Waals surface area contributed by atoms with Gasteiger partial charge in [0.2, 0.25) is 0 Å². The van der Waals surface area contributed by atoms with Crippen LogP contribution in [-0.4, -0.2) is 0 Å². The first-order chi connectivity index (χ1) is 50.2. The van der Waals surface area contributed by atoms with Gasteiger partial charge in [-0.25, -0.2) is 0 Å².